The molecule has 1 heterocycles. The van der Waals surface area contributed by atoms with Crippen molar-refractivity contribution in [3.05, 3.63) is 60.5 Å². The van der Waals surface area contributed by atoms with Crippen LogP contribution in [-0.2, 0) is 0 Å². The van der Waals surface area contributed by atoms with Gasteiger partial charge in [-0.3, -0.25) is 0 Å². The van der Waals surface area contributed by atoms with Crippen molar-refractivity contribution in [2.75, 3.05) is 7.11 Å². The van der Waals surface area contributed by atoms with Gasteiger partial charge in [0.2, 0.25) is 0 Å². The van der Waals surface area contributed by atoms with Crippen LogP contribution in [0.15, 0.2) is 59.0 Å². The van der Waals surface area contributed by atoms with Gasteiger partial charge in [0.15, 0.2) is 11.7 Å². The first-order valence-electron chi connectivity index (χ1n) is 6.45. The van der Waals surface area contributed by atoms with Crippen molar-refractivity contribution in [1.82, 2.24) is 4.98 Å². The normalized spacial score (nSPS) is 10.5. The van der Waals surface area contributed by atoms with E-state index < -0.39 is 0 Å². The Morgan fingerprint density at radius 2 is 1.60 bits per heavy atom. The second-order valence-corrected chi connectivity index (χ2v) is 4.51. The molecule has 0 radical (unpaired) electrons. The lowest BCUT2D eigenvalue weighted by Gasteiger charge is -2.03. The number of rotatable bonds is 3. The van der Waals surface area contributed by atoms with E-state index >= 15 is 0 Å². The van der Waals surface area contributed by atoms with Gasteiger partial charge >= 0.3 is 0 Å². The summed E-state index contributed by atoms with van der Waals surface area (Å²) in [5.74, 6) is 2.29. The highest BCUT2D eigenvalue weighted by atomic mass is 16.5. The van der Waals surface area contributed by atoms with E-state index in [2.05, 4.69) is 4.98 Å². The Labute approximate surface area is 117 Å². The summed E-state index contributed by atoms with van der Waals surface area (Å²) in [7, 11) is 1.66. The van der Waals surface area contributed by atoms with Crippen LogP contribution >= 0.6 is 0 Å². The highest BCUT2D eigenvalue weighted by Crippen LogP contribution is 2.33. The van der Waals surface area contributed by atoms with Gasteiger partial charge in [-0.05, 0) is 24.3 Å². The average molecular weight is 265 g/mol. The molecular weight excluding hydrogens is 250 g/mol. The van der Waals surface area contributed by atoms with Gasteiger partial charge in [0.05, 0.1) is 7.11 Å². The van der Waals surface area contributed by atoms with Gasteiger partial charge < -0.3 is 9.15 Å². The zero-order valence-corrected chi connectivity index (χ0v) is 11.5. The molecular formula is C17H15NO2. The Morgan fingerprint density at radius 3 is 2.25 bits per heavy atom. The molecule has 3 nitrogen and oxygen atoms in total. The summed E-state index contributed by atoms with van der Waals surface area (Å²) in [6.45, 7) is 1.86. The minimum atomic E-state index is 0.662. The number of oxazole rings is 1. The van der Waals surface area contributed by atoms with Crippen molar-refractivity contribution in [3.63, 3.8) is 0 Å². The molecule has 0 aliphatic rings. The molecule has 1 aromatic heterocycles. The van der Waals surface area contributed by atoms with Gasteiger partial charge in [-0.25, -0.2) is 4.98 Å². The highest BCUT2D eigenvalue weighted by molar-refractivity contribution is 5.77. The largest absolute Gasteiger partial charge is 0.497 e. The molecule has 0 saturated carbocycles. The van der Waals surface area contributed by atoms with Crippen molar-refractivity contribution in [2.24, 2.45) is 0 Å². The first-order chi connectivity index (χ1) is 9.78. The van der Waals surface area contributed by atoms with Crippen LogP contribution in [0.5, 0.6) is 5.75 Å². The van der Waals surface area contributed by atoms with E-state index in [9.17, 15) is 0 Å². The summed E-state index contributed by atoms with van der Waals surface area (Å²) < 4.78 is 11.0. The van der Waals surface area contributed by atoms with Crippen LogP contribution in [0.3, 0.4) is 0 Å². The minimum absolute atomic E-state index is 0.662. The third-order valence-corrected chi connectivity index (χ3v) is 3.13. The van der Waals surface area contributed by atoms with Crippen molar-refractivity contribution in [3.8, 4) is 28.3 Å². The molecule has 0 N–H and O–H groups in total. The SMILES string of the molecule is COc1ccc(-c2nc(C)oc2-c2ccccc2)cc1. The van der Waals surface area contributed by atoms with Crippen molar-refractivity contribution in [2.45, 2.75) is 6.92 Å². The third kappa shape index (κ3) is 2.30. The van der Waals surface area contributed by atoms with E-state index in [1.165, 1.54) is 0 Å². The zero-order valence-electron chi connectivity index (χ0n) is 11.5. The molecule has 100 valence electrons. The predicted molar refractivity (Wildman–Crippen MR) is 78.7 cm³/mol. The number of aryl methyl sites for hydroxylation is 1. The fourth-order valence-corrected chi connectivity index (χ4v) is 2.16. The summed E-state index contributed by atoms with van der Waals surface area (Å²) in [5, 5.41) is 0. The molecule has 0 amide bonds. The molecule has 0 unspecified atom stereocenters. The van der Waals surface area contributed by atoms with E-state index in [0.717, 1.165) is 28.3 Å². The number of methoxy groups -OCH3 is 1. The number of nitrogens with zero attached hydrogens (tertiary/aromatic N) is 1. The van der Waals surface area contributed by atoms with Crippen LogP contribution in [0.2, 0.25) is 0 Å². The number of benzene rings is 2. The maximum absolute atomic E-state index is 5.77. The Kier molecular flexibility index (Phi) is 3.25. The Morgan fingerprint density at radius 1 is 0.900 bits per heavy atom. The maximum atomic E-state index is 5.77. The van der Waals surface area contributed by atoms with Crippen LogP contribution in [0.1, 0.15) is 5.89 Å². The summed E-state index contributed by atoms with van der Waals surface area (Å²) >= 11 is 0. The average Bonchev–Trinajstić information content (AvgIpc) is 2.90. The van der Waals surface area contributed by atoms with Crippen LogP contribution in [0, 0.1) is 6.92 Å². The summed E-state index contributed by atoms with van der Waals surface area (Å²) in [6, 6.07) is 17.8. The molecule has 0 bridgehead atoms. The van der Waals surface area contributed by atoms with E-state index in [-0.39, 0.29) is 0 Å². The minimum Gasteiger partial charge on any atom is -0.497 e. The topological polar surface area (TPSA) is 35.3 Å². The smallest absolute Gasteiger partial charge is 0.192 e. The third-order valence-electron chi connectivity index (χ3n) is 3.13. The molecule has 3 aromatic rings. The van der Waals surface area contributed by atoms with Gasteiger partial charge in [-0.2, -0.15) is 0 Å². The molecule has 3 rings (SSSR count). The van der Waals surface area contributed by atoms with Crippen LogP contribution in [0.4, 0.5) is 0 Å². The maximum Gasteiger partial charge on any atom is 0.192 e. The van der Waals surface area contributed by atoms with Crippen LogP contribution < -0.4 is 4.74 Å². The second kappa shape index (κ2) is 5.21. The molecule has 0 saturated heterocycles. The lowest BCUT2D eigenvalue weighted by atomic mass is 10.1. The van der Waals surface area contributed by atoms with Gasteiger partial charge in [0, 0.05) is 18.1 Å². The highest BCUT2D eigenvalue weighted by Gasteiger charge is 2.14. The number of hydrogen-bond donors (Lipinski definition) is 0. The monoisotopic (exact) mass is 265 g/mol. The number of hydrogen-bond acceptors (Lipinski definition) is 3. The van der Waals surface area contributed by atoms with Gasteiger partial charge in [0.1, 0.15) is 11.4 Å². The Balaban J connectivity index is 2.09. The van der Waals surface area contributed by atoms with Gasteiger partial charge in [-0.1, -0.05) is 30.3 Å². The first kappa shape index (κ1) is 12.5. The predicted octanol–water partition coefficient (Wildman–Crippen LogP) is 4.33. The lowest BCUT2D eigenvalue weighted by molar-refractivity contribution is 0.415. The van der Waals surface area contributed by atoms with Crippen molar-refractivity contribution < 1.29 is 9.15 Å². The van der Waals surface area contributed by atoms with Gasteiger partial charge in [-0.15, -0.1) is 0 Å². The lowest BCUT2D eigenvalue weighted by Crippen LogP contribution is -1.85. The first-order valence-corrected chi connectivity index (χ1v) is 6.45. The molecule has 0 aliphatic carbocycles. The summed E-state index contributed by atoms with van der Waals surface area (Å²) in [4.78, 5) is 4.51. The fourth-order valence-electron chi connectivity index (χ4n) is 2.16. The number of ether oxygens (including phenoxy) is 1. The van der Waals surface area contributed by atoms with Crippen LogP contribution in [-0.4, -0.2) is 12.1 Å². The van der Waals surface area contributed by atoms with E-state index in [4.69, 9.17) is 9.15 Å². The van der Waals surface area contributed by atoms with E-state index in [1.807, 2.05) is 61.5 Å². The molecule has 0 fully saturated rings. The Hall–Kier alpha value is -2.55. The second-order valence-electron chi connectivity index (χ2n) is 4.51. The quantitative estimate of drug-likeness (QED) is 0.707. The molecule has 0 spiro atoms. The van der Waals surface area contributed by atoms with Crippen molar-refractivity contribution in [1.29, 1.82) is 0 Å². The van der Waals surface area contributed by atoms with Crippen LogP contribution in [0.25, 0.3) is 22.6 Å². The molecule has 20 heavy (non-hydrogen) atoms. The standard InChI is InChI=1S/C17H15NO2/c1-12-18-16(13-8-10-15(19-2)11-9-13)17(20-12)14-6-4-3-5-7-14/h3-11H,1-2H3. The number of aromatic nitrogens is 1. The molecule has 3 heteroatoms. The van der Waals surface area contributed by atoms with Crippen molar-refractivity contribution >= 4 is 0 Å². The summed E-state index contributed by atoms with van der Waals surface area (Å²) in [6.07, 6.45) is 0. The molecule has 0 aliphatic heterocycles. The van der Waals surface area contributed by atoms with E-state index in [1.54, 1.807) is 7.11 Å². The summed E-state index contributed by atoms with van der Waals surface area (Å²) in [5.41, 5.74) is 2.90. The molecule has 0 atom stereocenters. The fraction of sp³-hybridized carbons (Fsp3) is 0.118. The zero-order chi connectivity index (χ0) is 13.9. The Bertz CT molecular complexity index is 700. The van der Waals surface area contributed by atoms with E-state index in [0.29, 0.717) is 5.89 Å². The molecule has 2 aromatic carbocycles. The van der Waals surface area contributed by atoms with Gasteiger partial charge in [0.25, 0.3) is 0 Å².